The number of likely N-dealkylation sites (N-methyl/N-ethyl adjacent to an activating group) is 1. The standard InChI is InChI=1S/C15H16N4O2/c1-10-9-11(14(20)21)17-15(16-10)19-8-7-18(2)12-5-3-4-6-13(12)19/h3-6,9H,7-8H2,1-2H3,(H,20,21). The number of carboxylic acid groups (broad SMARTS) is 1. The van der Waals surface area contributed by atoms with E-state index in [-0.39, 0.29) is 5.69 Å². The van der Waals surface area contributed by atoms with Crippen molar-refractivity contribution in [3.05, 3.63) is 41.7 Å². The van der Waals surface area contributed by atoms with E-state index in [0.717, 1.165) is 24.5 Å². The summed E-state index contributed by atoms with van der Waals surface area (Å²) in [6.07, 6.45) is 0. The monoisotopic (exact) mass is 284 g/mol. The van der Waals surface area contributed by atoms with E-state index >= 15 is 0 Å². The van der Waals surface area contributed by atoms with Crippen molar-refractivity contribution in [2.24, 2.45) is 0 Å². The van der Waals surface area contributed by atoms with Crippen LogP contribution >= 0.6 is 0 Å². The lowest BCUT2D eigenvalue weighted by atomic mass is 10.2. The number of aromatic carboxylic acids is 1. The van der Waals surface area contributed by atoms with Crippen LogP contribution in [0.1, 0.15) is 16.2 Å². The number of hydrogen-bond acceptors (Lipinski definition) is 5. The zero-order valence-electron chi connectivity index (χ0n) is 11.9. The van der Waals surface area contributed by atoms with Gasteiger partial charge in [0.1, 0.15) is 0 Å². The van der Waals surface area contributed by atoms with Crippen LogP contribution in [-0.2, 0) is 0 Å². The van der Waals surface area contributed by atoms with Crippen LogP contribution in [-0.4, -0.2) is 41.2 Å². The molecule has 0 amide bonds. The van der Waals surface area contributed by atoms with E-state index in [1.807, 2.05) is 36.2 Å². The molecule has 1 aliphatic heterocycles. The minimum atomic E-state index is -1.04. The number of aromatic nitrogens is 2. The Morgan fingerprint density at radius 2 is 1.90 bits per heavy atom. The normalized spacial score (nSPS) is 14.0. The first kappa shape index (κ1) is 13.4. The first-order valence-corrected chi connectivity index (χ1v) is 6.73. The van der Waals surface area contributed by atoms with Crippen molar-refractivity contribution >= 4 is 23.3 Å². The molecule has 0 spiro atoms. The molecule has 21 heavy (non-hydrogen) atoms. The molecule has 1 N–H and O–H groups in total. The Kier molecular flexibility index (Phi) is 3.21. The Labute approximate surface area is 122 Å². The lowest BCUT2D eigenvalue weighted by molar-refractivity contribution is 0.0690. The second kappa shape index (κ2) is 5.05. The molecule has 0 bridgehead atoms. The Morgan fingerprint density at radius 1 is 1.19 bits per heavy atom. The molecule has 2 aromatic rings. The molecular formula is C15H16N4O2. The number of fused-ring (bicyclic) bond motifs is 1. The number of hydrogen-bond donors (Lipinski definition) is 1. The van der Waals surface area contributed by atoms with Crippen LogP contribution in [0.4, 0.5) is 17.3 Å². The largest absolute Gasteiger partial charge is 0.477 e. The zero-order valence-corrected chi connectivity index (χ0v) is 11.9. The molecule has 0 fully saturated rings. The van der Waals surface area contributed by atoms with Crippen molar-refractivity contribution in [3.63, 3.8) is 0 Å². The Balaban J connectivity index is 2.10. The van der Waals surface area contributed by atoms with E-state index in [1.165, 1.54) is 6.07 Å². The maximum absolute atomic E-state index is 11.2. The number of para-hydroxylation sites is 2. The number of nitrogens with zero attached hydrogens (tertiary/aromatic N) is 4. The summed E-state index contributed by atoms with van der Waals surface area (Å²) in [7, 11) is 2.04. The molecule has 0 atom stereocenters. The lowest BCUT2D eigenvalue weighted by Crippen LogP contribution is -2.37. The third-order valence-corrected chi connectivity index (χ3v) is 3.55. The second-order valence-electron chi connectivity index (χ2n) is 5.06. The van der Waals surface area contributed by atoms with E-state index in [0.29, 0.717) is 11.6 Å². The van der Waals surface area contributed by atoms with Crippen LogP contribution in [0.15, 0.2) is 30.3 Å². The number of aryl methyl sites for hydroxylation is 1. The summed E-state index contributed by atoms with van der Waals surface area (Å²) in [5, 5.41) is 9.15. The van der Waals surface area contributed by atoms with Gasteiger partial charge in [-0.05, 0) is 25.1 Å². The lowest BCUT2D eigenvalue weighted by Gasteiger charge is -2.35. The van der Waals surface area contributed by atoms with Gasteiger partial charge >= 0.3 is 5.97 Å². The first-order chi connectivity index (χ1) is 10.1. The Bertz CT molecular complexity index is 702. The predicted molar refractivity (Wildman–Crippen MR) is 80.4 cm³/mol. The van der Waals surface area contributed by atoms with Crippen molar-refractivity contribution in [1.29, 1.82) is 0 Å². The van der Waals surface area contributed by atoms with Gasteiger partial charge in [0.05, 0.1) is 11.4 Å². The summed E-state index contributed by atoms with van der Waals surface area (Å²) >= 11 is 0. The number of carboxylic acids is 1. The summed E-state index contributed by atoms with van der Waals surface area (Å²) in [6, 6.07) is 9.46. The van der Waals surface area contributed by atoms with Gasteiger partial charge in [0.2, 0.25) is 5.95 Å². The van der Waals surface area contributed by atoms with E-state index in [2.05, 4.69) is 14.9 Å². The van der Waals surface area contributed by atoms with Gasteiger partial charge in [0, 0.05) is 25.8 Å². The topological polar surface area (TPSA) is 69.6 Å². The third-order valence-electron chi connectivity index (χ3n) is 3.55. The van der Waals surface area contributed by atoms with Gasteiger partial charge in [0.25, 0.3) is 0 Å². The first-order valence-electron chi connectivity index (χ1n) is 6.73. The maximum Gasteiger partial charge on any atom is 0.354 e. The molecule has 0 radical (unpaired) electrons. The van der Waals surface area contributed by atoms with Crippen LogP contribution in [0, 0.1) is 6.92 Å². The molecule has 0 unspecified atom stereocenters. The Morgan fingerprint density at radius 3 is 2.62 bits per heavy atom. The molecule has 6 heteroatoms. The summed E-state index contributed by atoms with van der Waals surface area (Å²) in [5.74, 6) is -0.600. The fourth-order valence-electron chi connectivity index (χ4n) is 2.50. The van der Waals surface area contributed by atoms with Crippen molar-refractivity contribution in [2.45, 2.75) is 6.92 Å². The van der Waals surface area contributed by atoms with Crippen LogP contribution in [0.3, 0.4) is 0 Å². The Hall–Kier alpha value is -2.63. The number of carbonyl (C=O) groups is 1. The average molecular weight is 284 g/mol. The maximum atomic E-state index is 11.2. The van der Waals surface area contributed by atoms with Crippen LogP contribution in [0.25, 0.3) is 0 Å². The minimum Gasteiger partial charge on any atom is -0.477 e. The molecule has 0 saturated carbocycles. The van der Waals surface area contributed by atoms with E-state index in [9.17, 15) is 4.79 Å². The molecule has 6 nitrogen and oxygen atoms in total. The van der Waals surface area contributed by atoms with E-state index in [4.69, 9.17) is 5.11 Å². The molecule has 1 aliphatic rings. The smallest absolute Gasteiger partial charge is 0.354 e. The molecule has 108 valence electrons. The molecular weight excluding hydrogens is 268 g/mol. The van der Waals surface area contributed by atoms with E-state index in [1.54, 1.807) is 6.92 Å². The minimum absolute atomic E-state index is 0.0221. The summed E-state index contributed by atoms with van der Waals surface area (Å²) in [4.78, 5) is 23.9. The molecule has 1 aromatic heterocycles. The number of rotatable bonds is 2. The fraction of sp³-hybridized carbons (Fsp3) is 0.267. The number of anilines is 3. The second-order valence-corrected chi connectivity index (χ2v) is 5.06. The molecule has 0 aliphatic carbocycles. The molecule has 2 heterocycles. The quantitative estimate of drug-likeness (QED) is 0.910. The summed E-state index contributed by atoms with van der Waals surface area (Å²) in [5.41, 5.74) is 2.75. The highest BCUT2D eigenvalue weighted by Crippen LogP contribution is 2.35. The molecule has 3 rings (SSSR count). The van der Waals surface area contributed by atoms with Gasteiger partial charge < -0.3 is 14.9 Å². The average Bonchev–Trinajstić information content (AvgIpc) is 2.47. The van der Waals surface area contributed by atoms with E-state index < -0.39 is 5.97 Å². The number of benzene rings is 1. The molecule has 1 aromatic carbocycles. The highest BCUT2D eigenvalue weighted by molar-refractivity contribution is 5.86. The van der Waals surface area contributed by atoms with Crippen molar-refractivity contribution < 1.29 is 9.90 Å². The van der Waals surface area contributed by atoms with Crippen LogP contribution < -0.4 is 9.80 Å². The van der Waals surface area contributed by atoms with Crippen molar-refractivity contribution in [2.75, 3.05) is 29.9 Å². The SMILES string of the molecule is Cc1cc(C(=O)O)nc(N2CCN(C)c3ccccc32)n1. The van der Waals surface area contributed by atoms with Gasteiger partial charge in [-0.3, -0.25) is 0 Å². The highest BCUT2D eigenvalue weighted by atomic mass is 16.4. The van der Waals surface area contributed by atoms with Crippen molar-refractivity contribution in [1.82, 2.24) is 9.97 Å². The summed E-state index contributed by atoms with van der Waals surface area (Å²) < 4.78 is 0. The fourth-order valence-corrected chi connectivity index (χ4v) is 2.50. The third kappa shape index (κ3) is 2.40. The highest BCUT2D eigenvalue weighted by Gasteiger charge is 2.23. The van der Waals surface area contributed by atoms with Crippen molar-refractivity contribution in [3.8, 4) is 0 Å². The van der Waals surface area contributed by atoms with Crippen LogP contribution in [0.2, 0.25) is 0 Å². The summed E-state index contributed by atoms with van der Waals surface area (Å²) in [6.45, 7) is 3.33. The van der Waals surface area contributed by atoms with Gasteiger partial charge in [-0.2, -0.15) is 0 Å². The van der Waals surface area contributed by atoms with Crippen LogP contribution in [0.5, 0.6) is 0 Å². The van der Waals surface area contributed by atoms with Gasteiger partial charge in [0.15, 0.2) is 5.69 Å². The van der Waals surface area contributed by atoms with Gasteiger partial charge in [-0.15, -0.1) is 0 Å². The molecule has 0 saturated heterocycles. The predicted octanol–water partition coefficient (Wildman–Crippen LogP) is 2.07. The van der Waals surface area contributed by atoms with Gasteiger partial charge in [-0.25, -0.2) is 14.8 Å². The van der Waals surface area contributed by atoms with Gasteiger partial charge in [-0.1, -0.05) is 12.1 Å². The zero-order chi connectivity index (χ0) is 15.0.